The van der Waals surface area contributed by atoms with Gasteiger partial charge in [0.2, 0.25) is 5.75 Å². The number of fused-ring (bicyclic) bond motifs is 1. The third-order valence-corrected chi connectivity index (χ3v) is 2.28. The number of phenolic OH excluding ortho intramolecular Hbond substituents is 1. The second-order valence-corrected chi connectivity index (χ2v) is 3.50. The first-order chi connectivity index (χ1) is 8.54. The number of benzene rings is 1. The normalized spacial score (nSPS) is 10.3. The Labute approximate surface area is 101 Å². The summed E-state index contributed by atoms with van der Waals surface area (Å²) in [5.41, 5.74) is -0.677. The third-order valence-electron chi connectivity index (χ3n) is 2.28. The number of carbonyl (C=O) groups is 1. The van der Waals surface area contributed by atoms with E-state index in [1.807, 2.05) is 0 Å². The highest BCUT2D eigenvalue weighted by Gasteiger charge is 2.20. The van der Waals surface area contributed by atoms with Crippen molar-refractivity contribution in [1.82, 2.24) is 0 Å². The van der Waals surface area contributed by atoms with Crippen LogP contribution in [0.3, 0.4) is 0 Å². The molecule has 1 heterocycles. The lowest BCUT2D eigenvalue weighted by atomic mass is 10.2. The Kier molecular flexibility index (Phi) is 2.93. The number of aromatic hydroxyl groups is 1. The molecule has 0 aliphatic carbocycles. The van der Waals surface area contributed by atoms with Crippen molar-refractivity contribution in [3.63, 3.8) is 0 Å². The summed E-state index contributed by atoms with van der Waals surface area (Å²) >= 11 is 0. The molecule has 18 heavy (non-hydrogen) atoms. The number of hydrogen-bond acceptors (Lipinski definition) is 6. The fraction of sp³-hybridized carbons (Fsp3) is 0.167. The van der Waals surface area contributed by atoms with E-state index in [9.17, 15) is 14.7 Å². The lowest BCUT2D eigenvalue weighted by Crippen LogP contribution is -2.10. The maximum Gasteiger partial charge on any atom is 0.383 e. The molecule has 2 aromatic rings. The lowest BCUT2D eigenvalue weighted by Gasteiger charge is -2.10. The molecule has 0 fully saturated rings. The van der Waals surface area contributed by atoms with E-state index in [0.29, 0.717) is 0 Å². The summed E-state index contributed by atoms with van der Waals surface area (Å²) in [5, 5.41) is 9.88. The standard InChI is InChI=1S/C12H10O6/c1-6(13)17-10-9-7(14)4-3-5-8(9)18-12(15)11(10)16-2/h3-5,14H,1-2H3. The maximum atomic E-state index is 11.6. The van der Waals surface area contributed by atoms with Crippen LogP contribution in [-0.4, -0.2) is 18.2 Å². The predicted octanol–water partition coefficient (Wildman–Crippen LogP) is 1.43. The van der Waals surface area contributed by atoms with E-state index >= 15 is 0 Å². The molecule has 0 aliphatic heterocycles. The third kappa shape index (κ3) is 1.88. The van der Waals surface area contributed by atoms with Crippen LogP contribution in [0, 0.1) is 0 Å². The van der Waals surface area contributed by atoms with Gasteiger partial charge in [0.05, 0.1) is 7.11 Å². The van der Waals surface area contributed by atoms with Gasteiger partial charge in [0.25, 0.3) is 0 Å². The van der Waals surface area contributed by atoms with Gasteiger partial charge in [0, 0.05) is 6.92 Å². The Morgan fingerprint density at radius 3 is 2.67 bits per heavy atom. The molecule has 6 heteroatoms. The quantitative estimate of drug-likeness (QED) is 0.641. The summed E-state index contributed by atoms with van der Waals surface area (Å²) in [5.74, 6) is -1.22. The van der Waals surface area contributed by atoms with Gasteiger partial charge >= 0.3 is 11.6 Å². The van der Waals surface area contributed by atoms with E-state index in [1.54, 1.807) is 0 Å². The average molecular weight is 250 g/mol. The molecule has 0 amide bonds. The van der Waals surface area contributed by atoms with Gasteiger partial charge < -0.3 is 19.0 Å². The molecule has 0 unspecified atom stereocenters. The second-order valence-electron chi connectivity index (χ2n) is 3.50. The number of esters is 1. The van der Waals surface area contributed by atoms with E-state index < -0.39 is 11.6 Å². The van der Waals surface area contributed by atoms with Crippen LogP contribution in [0.2, 0.25) is 0 Å². The number of carbonyl (C=O) groups excluding carboxylic acids is 1. The van der Waals surface area contributed by atoms with Crippen LogP contribution in [0.1, 0.15) is 6.92 Å². The van der Waals surface area contributed by atoms with Crippen molar-refractivity contribution in [2.45, 2.75) is 6.92 Å². The number of ether oxygens (including phenoxy) is 2. The highest BCUT2D eigenvalue weighted by Crippen LogP contribution is 2.37. The van der Waals surface area contributed by atoms with Crippen LogP contribution >= 0.6 is 0 Å². The second kappa shape index (κ2) is 4.40. The van der Waals surface area contributed by atoms with Crippen molar-refractivity contribution in [3.05, 3.63) is 28.6 Å². The van der Waals surface area contributed by atoms with E-state index in [4.69, 9.17) is 13.9 Å². The predicted molar refractivity (Wildman–Crippen MR) is 62.0 cm³/mol. The van der Waals surface area contributed by atoms with Gasteiger partial charge in [-0.15, -0.1) is 0 Å². The number of rotatable bonds is 2. The molecule has 0 bridgehead atoms. The van der Waals surface area contributed by atoms with Crippen LogP contribution in [0.25, 0.3) is 11.0 Å². The Hall–Kier alpha value is -2.50. The molecule has 0 spiro atoms. The minimum Gasteiger partial charge on any atom is -0.507 e. The van der Waals surface area contributed by atoms with E-state index in [-0.39, 0.29) is 28.2 Å². The molecule has 0 saturated carbocycles. The topological polar surface area (TPSA) is 86.0 Å². The number of hydrogen-bond donors (Lipinski definition) is 1. The van der Waals surface area contributed by atoms with E-state index in [2.05, 4.69) is 0 Å². The van der Waals surface area contributed by atoms with E-state index in [0.717, 1.165) is 0 Å². The van der Waals surface area contributed by atoms with Crippen molar-refractivity contribution in [2.75, 3.05) is 7.11 Å². The van der Waals surface area contributed by atoms with Crippen LogP contribution < -0.4 is 15.1 Å². The molecule has 2 rings (SSSR count). The summed E-state index contributed by atoms with van der Waals surface area (Å²) in [6, 6.07) is 4.36. The molecule has 1 aromatic carbocycles. The highest BCUT2D eigenvalue weighted by atomic mass is 16.6. The molecule has 1 aromatic heterocycles. The molecular weight excluding hydrogens is 240 g/mol. The van der Waals surface area contributed by atoms with Crippen molar-refractivity contribution in [2.24, 2.45) is 0 Å². The summed E-state index contributed by atoms with van der Waals surface area (Å²) in [6.45, 7) is 1.18. The van der Waals surface area contributed by atoms with Crippen LogP contribution in [0.5, 0.6) is 17.2 Å². The van der Waals surface area contributed by atoms with Gasteiger partial charge in [0.15, 0.2) is 5.75 Å². The molecule has 0 aliphatic rings. The summed E-state index contributed by atoms with van der Waals surface area (Å²) in [7, 11) is 1.24. The molecule has 0 saturated heterocycles. The largest absolute Gasteiger partial charge is 0.507 e. The van der Waals surface area contributed by atoms with Crippen molar-refractivity contribution < 1.29 is 23.8 Å². The Bertz CT molecular complexity index is 670. The Morgan fingerprint density at radius 1 is 1.33 bits per heavy atom. The van der Waals surface area contributed by atoms with Crippen LogP contribution in [-0.2, 0) is 4.79 Å². The number of phenols is 1. The van der Waals surface area contributed by atoms with Gasteiger partial charge in [0.1, 0.15) is 16.7 Å². The zero-order valence-electron chi connectivity index (χ0n) is 9.72. The summed E-state index contributed by atoms with van der Waals surface area (Å²) in [6.07, 6.45) is 0. The Morgan fingerprint density at radius 2 is 2.06 bits per heavy atom. The Balaban J connectivity index is 2.90. The van der Waals surface area contributed by atoms with Gasteiger partial charge in [-0.3, -0.25) is 4.79 Å². The first kappa shape index (κ1) is 12.0. The maximum absolute atomic E-state index is 11.6. The van der Waals surface area contributed by atoms with Gasteiger partial charge in [-0.05, 0) is 12.1 Å². The number of methoxy groups -OCH3 is 1. The van der Waals surface area contributed by atoms with Gasteiger partial charge in [-0.25, -0.2) is 4.79 Å². The zero-order valence-corrected chi connectivity index (χ0v) is 9.72. The van der Waals surface area contributed by atoms with E-state index in [1.165, 1.54) is 32.2 Å². The van der Waals surface area contributed by atoms with Crippen molar-refractivity contribution in [1.29, 1.82) is 0 Å². The SMILES string of the molecule is COc1c(OC(C)=O)c2c(O)cccc2oc1=O. The molecule has 1 N–H and O–H groups in total. The van der Waals surface area contributed by atoms with Crippen molar-refractivity contribution in [3.8, 4) is 17.2 Å². The average Bonchev–Trinajstić information content (AvgIpc) is 2.28. The summed E-state index contributed by atoms with van der Waals surface area (Å²) in [4.78, 5) is 22.7. The lowest BCUT2D eigenvalue weighted by molar-refractivity contribution is -0.131. The minimum absolute atomic E-state index is 0.108. The fourth-order valence-electron chi connectivity index (χ4n) is 1.60. The first-order valence-electron chi connectivity index (χ1n) is 5.05. The zero-order chi connectivity index (χ0) is 13.3. The van der Waals surface area contributed by atoms with Crippen LogP contribution in [0.15, 0.2) is 27.4 Å². The summed E-state index contributed by atoms with van der Waals surface area (Å²) < 4.78 is 14.7. The molecular formula is C12H10O6. The van der Waals surface area contributed by atoms with Gasteiger partial charge in [-0.2, -0.15) is 0 Å². The minimum atomic E-state index is -0.785. The molecule has 94 valence electrons. The van der Waals surface area contributed by atoms with Crippen LogP contribution in [0.4, 0.5) is 0 Å². The monoisotopic (exact) mass is 250 g/mol. The molecule has 0 atom stereocenters. The highest BCUT2D eigenvalue weighted by molar-refractivity contribution is 5.93. The molecule has 0 radical (unpaired) electrons. The smallest absolute Gasteiger partial charge is 0.383 e. The fourth-order valence-corrected chi connectivity index (χ4v) is 1.60. The first-order valence-corrected chi connectivity index (χ1v) is 5.05. The van der Waals surface area contributed by atoms with Crippen molar-refractivity contribution >= 4 is 16.9 Å². The van der Waals surface area contributed by atoms with Gasteiger partial charge in [-0.1, -0.05) is 6.07 Å². The molecule has 6 nitrogen and oxygen atoms in total.